The van der Waals surface area contributed by atoms with Crippen LogP contribution >= 0.6 is 11.6 Å². The molecule has 98 valence electrons. The smallest absolute Gasteiger partial charge is 0.326 e. The van der Waals surface area contributed by atoms with Gasteiger partial charge in [0.05, 0.1) is 5.56 Å². The molecule has 0 heterocycles. The van der Waals surface area contributed by atoms with Crippen LogP contribution in [0.2, 0.25) is 5.02 Å². The third-order valence-corrected chi connectivity index (χ3v) is 2.88. The second-order valence-corrected chi connectivity index (χ2v) is 4.28. The molecule has 1 aromatic rings. The van der Waals surface area contributed by atoms with Gasteiger partial charge in [0.25, 0.3) is 5.91 Å². The molecule has 1 unspecified atom stereocenters. The number of phenolic OH excluding ortho intramolecular Hbond substituents is 1. The molecule has 0 bridgehead atoms. The lowest BCUT2D eigenvalue weighted by molar-refractivity contribution is -0.142. The maximum absolute atomic E-state index is 12.1. The number of likely N-dealkylation sites (N-methyl/N-ethyl adjacent to an activating group) is 1. The highest BCUT2D eigenvalue weighted by molar-refractivity contribution is 6.31. The van der Waals surface area contributed by atoms with Crippen molar-refractivity contribution in [3.05, 3.63) is 28.8 Å². The lowest BCUT2D eigenvalue weighted by Gasteiger charge is -2.24. The number of aliphatic carboxylic acids is 1. The molecule has 1 aromatic carbocycles. The number of rotatable bonds is 4. The second kappa shape index (κ2) is 5.73. The van der Waals surface area contributed by atoms with E-state index in [2.05, 4.69) is 0 Å². The van der Waals surface area contributed by atoms with Crippen molar-refractivity contribution in [2.75, 3.05) is 7.05 Å². The second-order valence-electron chi connectivity index (χ2n) is 3.84. The standard InChI is InChI=1S/C12H14ClNO4/c1-3-9(12(17)18)14(2)11(16)8-6-7(13)4-5-10(8)15/h4-6,9,15H,3H2,1-2H3,(H,17,18). The van der Waals surface area contributed by atoms with Crippen molar-refractivity contribution in [2.45, 2.75) is 19.4 Å². The Labute approximate surface area is 110 Å². The van der Waals surface area contributed by atoms with Crippen LogP contribution in [0.25, 0.3) is 0 Å². The Balaban J connectivity index is 3.06. The molecule has 2 N–H and O–H groups in total. The topological polar surface area (TPSA) is 77.8 Å². The summed E-state index contributed by atoms with van der Waals surface area (Å²) < 4.78 is 0. The van der Waals surface area contributed by atoms with Gasteiger partial charge in [-0.2, -0.15) is 0 Å². The molecule has 0 aliphatic heterocycles. The number of nitrogens with zero attached hydrogens (tertiary/aromatic N) is 1. The molecule has 0 aliphatic carbocycles. The van der Waals surface area contributed by atoms with E-state index in [-0.39, 0.29) is 17.7 Å². The zero-order chi connectivity index (χ0) is 13.9. The molecule has 0 fully saturated rings. The fraction of sp³-hybridized carbons (Fsp3) is 0.333. The highest BCUT2D eigenvalue weighted by Crippen LogP contribution is 2.23. The molecule has 0 aromatic heterocycles. The minimum Gasteiger partial charge on any atom is -0.507 e. The van der Waals surface area contributed by atoms with Crippen molar-refractivity contribution in [3.8, 4) is 5.75 Å². The largest absolute Gasteiger partial charge is 0.507 e. The Morgan fingerprint density at radius 1 is 1.44 bits per heavy atom. The number of carboxylic acids is 1. The van der Waals surface area contributed by atoms with E-state index in [1.165, 1.54) is 25.2 Å². The zero-order valence-electron chi connectivity index (χ0n) is 10.1. The molecule has 0 saturated carbocycles. The first-order valence-corrected chi connectivity index (χ1v) is 5.74. The van der Waals surface area contributed by atoms with Crippen LogP contribution in [0.3, 0.4) is 0 Å². The highest BCUT2D eigenvalue weighted by atomic mass is 35.5. The molecular weight excluding hydrogens is 258 g/mol. The van der Waals surface area contributed by atoms with E-state index >= 15 is 0 Å². The third-order valence-electron chi connectivity index (χ3n) is 2.65. The molecule has 1 amide bonds. The van der Waals surface area contributed by atoms with E-state index in [9.17, 15) is 14.7 Å². The Morgan fingerprint density at radius 3 is 2.56 bits per heavy atom. The van der Waals surface area contributed by atoms with Crippen LogP contribution in [0.5, 0.6) is 5.75 Å². The summed E-state index contributed by atoms with van der Waals surface area (Å²) in [5, 5.41) is 18.9. The van der Waals surface area contributed by atoms with Gasteiger partial charge in [-0.1, -0.05) is 18.5 Å². The van der Waals surface area contributed by atoms with E-state index in [1.807, 2.05) is 0 Å². The minimum absolute atomic E-state index is 0.00954. The van der Waals surface area contributed by atoms with Gasteiger partial charge in [-0.3, -0.25) is 4.79 Å². The third kappa shape index (κ3) is 2.92. The average Bonchev–Trinajstić information content (AvgIpc) is 2.31. The quantitative estimate of drug-likeness (QED) is 0.878. The summed E-state index contributed by atoms with van der Waals surface area (Å²) in [5.74, 6) is -1.89. The van der Waals surface area contributed by atoms with Gasteiger partial charge in [-0.25, -0.2) is 4.79 Å². The summed E-state index contributed by atoms with van der Waals surface area (Å²) >= 11 is 5.74. The van der Waals surface area contributed by atoms with Crippen LogP contribution in [0, 0.1) is 0 Å². The average molecular weight is 272 g/mol. The number of benzene rings is 1. The molecule has 5 nitrogen and oxygen atoms in total. The van der Waals surface area contributed by atoms with E-state index in [1.54, 1.807) is 6.92 Å². The van der Waals surface area contributed by atoms with Crippen molar-refractivity contribution >= 4 is 23.5 Å². The van der Waals surface area contributed by atoms with Gasteiger partial charge < -0.3 is 15.1 Å². The molecule has 0 saturated heterocycles. The minimum atomic E-state index is -1.09. The van der Waals surface area contributed by atoms with Crippen LogP contribution < -0.4 is 0 Å². The molecule has 1 atom stereocenters. The van der Waals surface area contributed by atoms with Gasteiger partial charge in [0.2, 0.25) is 0 Å². The van der Waals surface area contributed by atoms with Gasteiger partial charge in [0, 0.05) is 12.1 Å². The summed E-state index contributed by atoms with van der Waals surface area (Å²) in [6.45, 7) is 1.67. The molecular formula is C12H14ClNO4. The molecule has 0 aliphatic rings. The number of carboxylic acid groups (broad SMARTS) is 1. The van der Waals surface area contributed by atoms with Gasteiger partial charge >= 0.3 is 5.97 Å². The predicted molar refractivity (Wildman–Crippen MR) is 66.9 cm³/mol. The van der Waals surface area contributed by atoms with Gasteiger partial charge in [-0.05, 0) is 24.6 Å². The van der Waals surface area contributed by atoms with Crippen molar-refractivity contribution in [3.63, 3.8) is 0 Å². The lowest BCUT2D eigenvalue weighted by atomic mass is 10.1. The van der Waals surface area contributed by atoms with Gasteiger partial charge in [0.15, 0.2) is 0 Å². The molecule has 0 spiro atoms. The summed E-state index contributed by atoms with van der Waals surface area (Å²) in [7, 11) is 1.38. The number of halogens is 1. The fourth-order valence-electron chi connectivity index (χ4n) is 1.63. The van der Waals surface area contributed by atoms with Crippen molar-refractivity contribution < 1.29 is 19.8 Å². The lowest BCUT2D eigenvalue weighted by Crippen LogP contribution is -2.41. The highest BCUT2D eigenvalue weighted by Gasteiger charge is 2.27. The van der Waals surface area contributed by atoms with E-state index < -0.39 is 17.9 Å². The van der Waals surface area contributed by atoms with Gasteiger partial charge in [-0.15, -0.1) is 0 Å². The van der Waals surface area contributed by atoms with Crippen LogP contribution in [-0.4, -0.2) is 40.1 Å². The van der Waals surface area contributed by atoms with Crippen molar-refractivity contribution in [1.29, 1.82) is 0 Å². The zero-order valence-corrected chi connectivity index (χ0v) is 10.8. The number of hydrogen-bond donors (Lipinski definition) is 2. The fourth-order valence-corrected chi connectivity index (χ4v) is 1.80. The first-order valence-electron chi connectivity index (χ1n) is 5.37. The molecule has 18 heavy (non-hydrogen) atoms. The van der Waals surface area contributed by atoms with Gasteiger partial charge in [0.1, 0.15) is 11.8 Å². The van der Waals surface area contributed by atoms with Crippen LogP contribution in [0.15, 0.2) is 18.2 Å². The molecule has 6 heteroatoms. The number of aromatic hydroxyl groups is 1. The Morgan fingerprint density at radius 2 is 2.06 bits per heavy atom. The Bertz CT molecular complexity index is 475. The number of carbonyl (C=O) groups is 2. The van der Waals surface area contributed by atoms with Crippen LogP contribution in [0.1, 0.15) is 23.7 Å². The van der Waals surface area contributed by atoms with Crippen LogP contribution in [-0.2, 0) is 4.79 Å². The number of carbonyl (C=O) groups excluding carboxylic acids is 1. The summed E-state index contributed by atoms with van der Waals surface area (Å²) in [5.41, 5.74) is -0.00954. The van der Waals surface area contributed by atoms with Crippen molar-refractivity contribution in [1.82, 2.24) is 4.90 Å². The Kier molecular flexibility index (Phi) is 4.55. The first kappa shape index (κ1) is 14.3. The Hall–Kier alpha value is -1.75. The summed E-state index contributed by atoms with van der Waals surface area (Å²) in [6.07, 6.45) is 0.277. The predicted octanol–water partition coefficient (Wildman–Crippen LogP) is 1.98. The SMILES string of the molecule is CCC(C(=O)O)N(C)C(=O)c1cc(Cl)ccc1O. The maximum atomic E-state index is 12.1. The number of phenols is 1. The monoisotopic (exact) mass is 271 g/mol. The van der Waals surface area contributed by atoms with Crippen molar-refractivity contribution in [2.24, 2.45) is 0 Å². The number of hydrogen-bond acceptors (Lipinski definition) is 3. The first-order chi connectivity index (χ1) is 8.38. The van der Waals surface area contributed by atoms with E-state index in [4.69, 9.17) is 16.7 Å². The number of amides is 1. The summed E-state index contributed by atoms with van der Waals surface area (Å²) in [4.78, 5) is 24.1. The van der Waals surface area contributed by atoms with Crippen LogP contribution in [0.4, 0.5) is 0 Å². The molecule has 1 rings (SSSR count). The maximum Gasteiger partial charge on any atom is 0.326 e. The summed E-state index contributed by atoms with van der Waals surface area (Å²) in [6, 6.07) is 3.12. The van der Waals surface area contributed by atoms with E-state index in [0.29, 0.717) is 5.02 Å². The van der Waals surface area contributed by atoms with E-state index in [0.717, 1.165) is 4.90 Å². The normalized spacial score (nSPS) is 11.9. The molecule has 0 radical (unpaired) electrons.